The van der Waals surface area contributed by atoms with Crippen molar-refractivity contribution in [3.8, 4) is 0 Å². The maximum atomic E-state index is 9.11. The minimum absolute atomic E-state index is 0.162. The lowest BCUT2D eigenvalue weighted by Crippen LogP contribution is -2.19. The van der Waals surface area contributed by atoms with E-state index in [1.54, 1.807) is 0 Å². The van der Waals surface area contributed by atoms with Gasteiger partial charge in [0.15, 0.2) is 0 Å². The van der Waals surface area contributed by atoms with Gasteiger partial charge in [-0.25, -0.2) is 0 Å². The molecule has 0 spiro atoms. The van der Waals surface area contributed by atoms with Crippen LogP contribution in [0.2, 0.25) is 0 Å². The Morgan fingerprint density at radius 3 is 2.62 bits per heavy atom. The van der Waals surface area contributed by atoms with Crippen LogP contribution in [0.4, 0.5) is 11.4 Å². The van der Waals surface area contributed by atoms with Gasteiger partial charge in [-0.1, -0.05) is 13.0 Å². The van der Waals surface area contributed by atoms with Crippen molar-refractivity contribution < 1.29 is 5.11 Å². The molecule has 3 nitrogen and oxygen atoms in total. The first-order valence-corrected chi connectivity index (χ1v) is 5.97. The summed E-state index contributed by atoms with van der Waals surface area (Å²) in [7, 11) is 0. The highest BCUT2D eigenvalue weighted by atomic mass is 16.3. The Morgan fingerprint density at radius 1 is 1.38 bits per heavy atom. The minimum Gasteiger partial charge on any atom is -0.397 e. The van der Waals surface area contributed by atoms with Crippen molar-refractivity contribution in [3.63, 3.8) is 0 Å². The molecule has 3 heteroatoms. The smallest absolute Gasteiger partial charge is 0.0600 e. The third-order valence-corrected chi connectivity index (χ3v) is 3.34. The third-order valence-electron chi connectivity index (χ3n) is 3.34. The number of hydrogen-bond acceptors (Lipinski definition) is 3. The molecule has 3 N–H and O–H groups in total. The van der Waals surface area contributed by atoms with Gasteiger partial charge < -0.3 is 15.7 Å². The number of nitrogen functional groups attached to an aromatic ring is 1. The molecule has 0 saturated carbocycles. The van der Waals surface area contributed by atoms with Gasteiger partial charge in [-0.3, -0.25) is 0 Å². The van der Waals surface area contributed by atoms with Crippen molar-refractivity contribution in [3.05, 3.63) is 23.8 Å². The van der Waals surface area contributed by atoms with Gasteiger partial charge >= 0.3 is 0 Å². The van der Waals surface area contributed by atoms with Gasteiger partial charge in [0.25, 0.3) is 0 Å². The van der Waals surface area contributed by atoms with Crippen molar-refractivity contribution in [1.29, 1.82) is 0 Å². The number of aliphatic hydroxyl groups excluding tert-OH is 1. The predicted octanol–water partition coefficient (Wildman–Crippen LogP) is 1.96. The Kier molecular flexibility index (Phi) is 3.34. The number of aliphatic hydroxyl groups is 1. The van der Waals surface area contributed by atoms with E-state index >= 15 is 0 Å². The van der Waals surface area contributed by atoms with E-state index in [4.69, 9.17) is 10.8 Å². The quantitative estimate of drug-likeness (QED) is 0.766. The minimum atomic E-state index is 0.162. The summed E-state index contributed by atoms with van der Waals surface area (Å²) in [6, 6.07) is 6.15. The first-order chi connectivity index (χ1) is 7.72. The molecule has 0 bridgehead atoms. The van der Waals surface area contributed by atoms with Crippen LogP contribution in [0.5, 0.6) is 0 Å². The zero-order valence-corrected chi connectivity index (χ0v) is 9.82. The van der Waals surface area contributed by atoms with E-state index in [2.05, 4.69) is 17.0 Å². The van der Waals surface area contributed by atoms with E-state index in [1.165, 1.54) is 12.8 Å². The number of hydrogen-bond donors (Lipinski definition) is 2. The van der Waals surface area contributed by atoms with E-state index in [-0.39, 0.29) is 12.5 Å². The molecule has 88 valence electrons. The normalized spacial score (nSPS) is 17.8. The molecular formula is C13H20N2O. The number of nitrogens with two attached hydrogens (primary N) is 1. The second-order valence-corrected chi connectivity index (χ2v) is 4.60. The van der Waals surface area contributed by atoms with Crippen LogP contribution in [-0.2, 0) is 0 Å². The molecule has 16 heavy (non-hydrogen) atoms. The Bertz CT molecular complexity index is 359. The van der Waals surface area contributed by atoms with Crippen molar-refractivity contribution in [1.82, 2.24) is 0 Å². The lowest BCUT2D eigenvalue weighted by molar-refractivity contribution is 0.273. The molecular weight excluding hydrogens is 200 g/mol. The topological polar surface area (TPSA) is 49.5 Å². The summed E-state index contributed by atoms with van der Waals surface area (Å²) in [5.74, 6) is 0.162. The Labute approximate surface area is 96.9 Å². The molecule has 2 rings (SSSR count). The van der Waals surface area contributed by atoms with Crippen LogP contribution >= 0.6 is 0 Å². The standard InChI is InChI=1S/C13H20N2O/c1-10(9-16)11-4-5-13(12(14)8-11)15-6-2-3-7-15/h4-5,8,10,16H,2-3,6-7,9,14H2,1H3. The van der Waals surface area contributed by atoms with Crippen molar-refractivity contribution in [2.75, 3.05) is 30.3 Å². The van der Waals surface area contributed by atoms with Crippen LogP contribution in [0.1, 0.15) is 31.2 Å². The Hall–Kier alpha value is -1.22. The summed E-state index contributed by atoms with van der Waals surface area (Å²) in [4.78, 5) is 2.34. The molecule has 1 aliphatic heterocycles. The van der Waals surface area contributed by atoms with Crippen LogP contribution in [0.15, 0.2) is 18.2 Å². The van der Waals surface area contributed by atoms with Crippen molar-refractivity contribution >= 4 is 11.4 Å². The van der Waals surface area contributed by atoms with E-state index in [1.807, 2.05) is 13.0 Å². The monoisotopic (exact) mass is 220 g/mol. The molecule has 1 aromatic rings. The highest BCUT2D eigenvalue weighted by Gasteiger charge is 2.15. The fourth-order valence-electron chi connectivity index (χ4n) is 2.23. The van der Waals surface area contributed by atoms with Crippen LogP contribution < -0.4 is 10.6 Å². The van der Waals surface area contributed by atoms with Gasteiger partial charge in [-0.15, -0.1) is 0 Å². The van der Waals surface area contributed by atoms with E-state index in [0.29, 0.717) is 0 Å². The molecule has 0 aromatic heterocycles. The van der Waals surface area contributed by atoms with Gasteiger partial charge in [-0.2, -0.15) is 0 Å². The van der Waals surface area contributed by atoms with Gasteiger partial charge in [0.1, 0.15) is 0 Å². The summed E-state index contributed by atoms with van der Waals surface area (Å²) < 4.78 is 0. The predicted molar refractivity (Wildman–Crippen MR) is 67.8 cm³/mol. The molecule has 1 atom stereocenters. The summed E-state index contributed by atoms with van der Waals surface area (Å²) in [5, 5.41) is 9.11. The first-order valence-electron chi connectivity index (χ1n) is 5.97. The first kappa shape index (κ1) is 11.3. The SMILES string of the molecule is CC(CO)c1ccc(N2CCCC2)c(N)c1. The highest BCUT2D eigenvalue weighted by molar-refractivity contribution is 5.69. The summed E-state index contributed by atoms with van der Waals surface area (Å²) in [6.45, 7) is 4.39. The maximum Gasteiger partial charge on any atom is 0.0600 e. The second-order valence-electron chi connectivity index (χ2n) is 4.60. The lowest BCUT2D eigenvalue weighted by atomic mass is 10.0. The average Bonchev–Trinajstić information content (AvgIpc) is 2.81. The third kappa shape index (κ3) is 2.14. The zero-order valence-electron chi connectivity index (χ0n) is 9.82. The van der Waals surface area contributed by atoms with Gasteiger partial charge in [-0.05, 0) is 30.5 Å². The fourth-order valence-corrected chi connectivity index (χ4v) is 2.23. The summed E-state index contributed by atoms with van der Waals surface area (Å²) in [6.07, 6.45) is 2.52. The van der Waals surface area contributed by atoms with Crippen molar-refractivity contribution in [2.24, 2.45) is 0 Å². The highest BCUT2D eigenvalue weighted by Crippen LogP contribution is 2.29. The Balaban J connectivity index is 2.22. The molecule has 1 aromatic carbocycles. The van der Waals surface area contributed by atoms with E-state index in [0.717, 1.165) is 30.0 Å². The van der Waals surface area contributed by atoms with Crippen LogP contribution in [0.3, 0.4) is 0 Å². The number of nitrogens with zero attached hydrogens (tertiary/aromatic N) is 1. The molecule has 1 unspecified atom stereocenters. The largest absolute Gasteiger partial charge is 0.397 e. The average molecular weight is 220 g/mol. The second kappa shape index (κ2) is 4.74. The molecule has 1 aliphatic rings. The molecule has 1 fully saturated rings. The van der Waals surface area contributed by atoms with Gasteiger partial charge in [0.05, 0.1) is 11.4 Å². The number of benzene rings is 1. The van der Waals surface area contributed by atoms with Crippen LogP contribution in [0, 0.1) is 0 Å². The number of rotatable bonds is 3. The van der Waals surface area contributed by atoms with Gasteiger partial charge in [0, 0.05) is 25.6 Å². The van der Waals surface area contributed by atoms with E-state index < -0.39 is 0 Å². The molecule has 0 aliphatic carbocycles. The van der Waals surface area contributed by atoms with Crippen LogP contribution in [-0.4, -0.2) is 24.8 Å². The number of anilines is 2. The molecule has 1 heterocycles. The zero-order chi connectivity index (χ0) is 11.5. The molecule has 1 saturated heterocycles. The van der Waals surface area contributed by atoms with Crippen LogP contribution in [0.25, 0.3) is 0 Å². The summed E-state index contributed by atoms with van der Waals surface area (Å²) in [5.41, 5.74) is 9.16. The molecule has 0 radical (unpaired) electrons. The lowest BCUT2D eigenvalue weighted by Gasteiger charge is -2.21. The van der Waals surface area contributed by atoms with Gasteiger partial charge in [0.2, 0.25) is 0 Å². The van der Waals surface area contributed by atoms with E-state index in [9.17, 15) is 0 Å². The fraction of sp³-hybridized carbons (Fsp3) is 0.538. The van der Waals surface area contributed by atoms with Crippen molar-refractivity contribution in [2.45, 2.75) is 25.7 Å². The Morgan fingerprint density at radius 2 is 2.06 bits per heavy atom. The maximum absolute atomic E-state index is 9.11. The summed E-state index contributed by atoms with van der Waals surface area (Å²) >= 11 is 0. The molecule has 0 amide bonds.